The maximum atomic E-state index is 10.6. The Morgan fingerprint density at radius 1 is 0.757 bits per heavy atom. The van der Waals surface area contributed by atoms with Crippen molar-refractivity contribution in [3.05, 3.63) is 107 Å². The van der Waals surface area contributed by atoms with Crippen LogP contribution in [0.5, 0.6) is 5.75 Å². The van der Waals surface area contributed by atoms with E-state index in [1.807, 2.05) is 24.4 Å². The van der Waals surface area contributed by atoms with Gasteiger partial charge in [0, 0.05) is 29.3 Å². The average Bonchev–Trinajstić information content (AvgIpc) is 3.43. The van der Waals surface area contributed by atoms with Gasteiger partial charge >= 0.3 is 0 Å². The summed E-state index contributed by atoms with van der Waals surface area (Å²) in [5.41, 5.74) is 11.8. The maximum Gasteiger partial charge on any atom is 0.124 e. The van der Waals surface area contributed by atoms with Crippen molar-refractivity contribution in [2.75, 3.05) is 0 Å². The minimum Gasteiger partial charge on any atom is -0.507 e. The van der Waals surface area contributed by atoms with Crippen LogP contribution >= 0.6 is 0 Å². The number of aryl methyl sites for hydroxylation is 1. The molecule has 1 aromatic heterocycles. The summed E-state index contributed by atoms with van der Waals surface area (Å²) in [6.07, 6.45) is 4.80. The number of allylic oxidation sites excluding steroid dienone is 1. The van der Waals surface area contributed by atoms with Gasteiger partial charge < -0.3 is 5.11 Å². The van der Waals surface area contributed by atoms with Gasteiger partial charge in [-0.05, 0) is 70.8 Å². The fraction of sp³-hybridized carbons (Fsp3) is 0.235. The van der Waals surface area contributed by atoms with Crippen LogP contribution in [0.1, 0.15) is 68.2 Å². The lowest BCUT2D eigenvalue weighted by Crippen LogP contribution is -2.01. The SMILES string of the molecule is Cc1cc(-c2ccccc2O)nc(-c2cccc(C3=NC=CC3)c2)c1-c1cc(C(C)C)cc(C(C)C)c1. The van der Waals surface area contributed by atoms with Crippen LogP contribution in [0.25, 0.3) is 33.6 Å². The average molecular weight is 487 g/mol. The van der Waals surface area contributed by atoms with E-state index in [1.165, 1.54) is 16.7 Å². The molecule has 0 spiro atoms. The third-order valence-corrected chi connectivity index (χ3v) is 7.11. The first kappa shape index (κ1) is 24.7. The van der Waals surface area contributed by atoms with Crippen LogP contribution in [0.15, 0.2) is 90.1 Å². The van der Waals surface area contributed by atoms with Gasteiger partial charge in [-0.3, -0.25) is 4.99 Å². The van der Waals surface area contributed by atoms with Gasteiger partial charge in [0.05, 0.1) is 17.1 Å². The van der Waals surface area contributed by atoms with Crippen LogP contribution in [0.3, 0.4) is 0 Å². The number of hydrogen-bond acceptors (Lipinski definition) is 3. The van der Waals surface area contributed by atoms with Crippen LogP contribution in [-0.4, -0.2) is 15.8 Å². The highest BCUT2D eigenvalue weighted by Crippen LogP contribution is 2.40. The Morgan fingerprint density at radius 2 is 1.46 bits per heavy atom. The third kappa shape index (κ3) is 4.99. The molecule has 0 saturated carbocycles. The summed E-state index contributed by atoms with van der Waals surface area (Å²) in [4.78, 5) is 9.77. The molecule has 0 bridgehead atoms. The number of aromatic hydroxyl groups is 1. The van der Waals surface area contributed by atoms with Gasteiger partial charge in [0.25, 0.3) is 0 Å². The van der Waals surface area contributed by atoms with Gasteiger partial charge in [-0.2, -0.15) is 0 Å². The molecule has 0 aliphatic carbocycles. The predicted octanol–water partition coefficient (Wildman–Crippen LogP) is 9.05. The molecule has 37 heavy (non-hydrogen) atoms. The summed E-state index contributed by atoms with van der Waals surface area (Å²) in [6.45, 7) is 11.1. The van der Waals surface area contributed by atoms with E-state index < -0.39 is 0 Å². The van der Waals surface area contributed by atoms with Crippen LogP contribution < -0.4 is 0 Å². The second kappa shape index (κ2) is 10.2. The predicted molar refractivity (Wildman–Crippen MR) is 155 cm³/mol. The van der Waals surface area contributed by atoms with E-state index in [9.17, 15) is 5.11 Å². The number of phenols is 1. The van der Waals surface area contributed by atoms with Crippen molar-refractivity contribution < 1.29 is 5.11 Å². The van der Waals surface area contributed by atoms with Gasteiger partial charge in [0.1, 0.15) is 5.75 Å². The fourth-order valence-corrected chi connectivity index (χ4v) is 4.96. The Hall–Kier alpha value is -3.98. The molecule has 0 radical (unpaired) electrons. The Bertz CT molecular complexity index is 1500. The summed E-state index contributed by atoms with van der Waals surface area (Å²) in [6, 6.07) is 25.0. The third-order valence-electron chi connectivity index (χ3n) is 7.11. The van der Waals surface area contributed by atoms with E-state index in [2.05, 4.69) is 94.2 Å². The Balaban J connectivity index is 1.78. The highest BCUT2D eigenvalue weighted by atomic mass is 16.3. The van der Waals surface area contributed by atoms with Crippen molar-refractivity contribution in [2.24, 2.45) is 4.99 Å². The van der Waals surface area contributed by atoms with Crippen molar-refractivity contribution in [2.45, 2.75) is 52.9 Å². The Kier molecular flexibility index (Phi) is 6.80. The molecule has 0 unspecified atom stereocenters. The lowest BCUT2D eigenvalue weighted by Gasteiger charge is -2.19. The standard InChI is InChI=1S/C34H34N2O/c1-21(2)26-18-27(22(3)4)20-28(19-26)33-23(5)16-31(29-12-6-7-14-32(29)37)36-34(33)25-11-8-10-24(17-25)30-13-9-15-35-30/h6-12,14-22,37H,13H2,1-5H3. The van der Waals surface area contributed by atoms with Crippen LogP contribution in [0.4, 0.5) is 0 Å². The highest BCUT2D eigenvalue weighted by Gasteiger charge is 2.19. The molecule has 0 atom stereocenters. The number of nitrogens with zero attached hydrogens (tertiary/aromatic N) is 2. The first-order valence-electron chi connectivity index (χ1n) is 13.1. The molecule has 1 N–H and O–H groups in total. The van der Waals surface area contributed by atoms with Crippen molar-refractivity contribution in [1.82, 2.24) is 4.98 Å². The molecule has 186 valence electrons. The summed E-state index contributed by atoms with van der Waals surface area (Å²) in [5.74, 6) is 1.08. The van der Waals surface area contributed by atoms with E-state index in [4.69, 9.17) is 4.98 Å². The number of para-hydroxylation sites is 1. The monoisotopic (exact) mass is 486 g/mol. The van der Waals surface area contributed by atoms with Crippen molar-refractivity contribution in [1.29, 1.82) is 0 Å². The molecule has 1 aliphatic rings. The number of benzene rings is 3. The first-order chi connectivity index (χ1) is 17.8. The van der Waals surface area contributed by atoms with Gasteiger partial charge in [-0.1, -0.05) is 82.3 Å². The van der Waals surface area contributed by atoms with Crippen LogP contribution in [-0.2, 0) is 0 Å². The quantitative estimate of drug-likeness (QED) is 0.295. The second-order valence-corrected chi connectivity index (χ2v) is 10.5. The molecule has 0 fully saturated rings. The zero-order valence-electron chi connectivity index (χ0n) is 22.3. The largest absolute Gasteiger partial charge is 0.507 e. The van der Waals surface area contributed by atoms with Crippen molar-refractivity contribution in [3.8, 4) is 39.4 Å². The molecule has 2 heterocycles. The molecule has 4 aromatic rings. The summed E-state index contributed by atoms with van der Waals surface area (Å²) >= 11 is 0. The van der Waals surface area contributed by atoms with Gasteiger partial charge in [-0.25, -0.2) is 4.98 Å². The first-order valence-corrected chi connectivity index (χ1v) is 13.1. The van der Waals surface area contributed by atoms with E-state index in [0.717, 1.165) is 51.3 Å². The summed E-state index contributed by atoms with van der Waals surface area (Å²) < 4.78 is 0. The molecular formula is C34H34N2O. The highest BCUT2D eigenvalue weighted by molar-refractivity contribution is 6.04. The van der Waals surface area contributed by atoms with Crippen LogP contribution in [0, 0.1) is 6.92 Å². The summed E-state index contributed by atoms with van der Waals surface area (Å²) in [7, 11) is 0. The normalized spacial score (nSPS) is 13.0. The minimum absolute atomic E-state index is 0.233. The topological polar surface area (TPSA) is 45.5 Å². The molecule has 1 aliphatic heterocycles. The molecule has 0 saturated heterocycles. The lowest BCUT2D eigenvalue weighted by molar-refractivity contribution is 0.477. The van der Waals surface area contributed by atoms with Gasteiger partial charge in [0.15, 0.2) is 0 Å². The Morgan fingerprint density at radius 3 is 2.11 bits per heavy atom. The van der Waals surface area contributed by atoms with Gasteiger partial charge in [0.2, 0.25) is 0 Å². The number of aliphatic imine (C=N–C) groups is 1. The van der Waals surface area contributed by atoms with Gasteiger partial charge in [-0.15, -0.1) is 0 Å². The number of aromatic nitrogens is 1. The molecule has 5 rings (SSSR count). The second-order valence-electron chi connectivity index (χ2n) is 10.5. The van der Waals surface area contributed by atoms with E-state index >= 15 is 0 Å². The zero-order chi connectivity index (χ0) is 26.1. The molecular weight excluding hydrogens is 452 g/mol. The van der Waals surface area contributed by atoms with E-state index in [0.29, 0.717) is 11.8 Å². The van der Waals surface area contributed by atoms with Crippen LogP contribution in [0.2, 0.25) is 0 Å². The molecule has 3 aromatic carbocycles. The number of rotatable bonds is 6. The van der Waals surface area contributed by atoms with Crippen molar-refractivity contribution in [3.63, 3.8) is 0 Å². The maximum absolute atomic E-state index is 10.6. The van der Waals surface area contributed by atoms with E-state index in [-0.39, 0.29) is 5.75 Å². The molecule has 3 nitrogen and oxygen atoms in total. The zero-order valence-corrected chi connectivity index (χ0v) is 22.3. The van der Waals surface area contributed by atoms with E-state index in [1.54, 1.807) is 6.07 Å². The fourth-order valence-electron chi connectivity index (χ4n) is 4.96. The smallest absolute Gasteiger partial charge is 0.124 e. The minimum atomic E-state index is 0.233. The lowest BCUT2D eigenvalue weighted by atomic mass is 9.87. The molecule has 3 heteroatoms. The summed E-state index contributed by atoms with van der Waals surface area (Å²) in [5, 5.41) is 10.6. The number of phenolic OH excluding ortho intramolecular Hbond substituents is 1. The van der Waals surface area contributed by atoms with Crippen molar-refractivity contribution >= 4 is 5.71 Å². The number of pyridine rings is 1. The Labute approximate surface area is 220 Å². The molecule has 0 amide bonds. The number of hydrogen-bond donors (Lipinski definition) is 1.